The number of ether oxygens (including phenoxy) is 2. The number of aromatic nitrogens is 2. The molecule has 0 aliphatic carbocycles. The summed E-state index contributed by atoms with van der Waals surface area (Å²) in [7, 11) is 1.08. The standard InChI is InChI=1S/C19H15ClF3N3O4/c1-11(12-6-4-3-5-7-12)29-15-10-13(8-9-14(15)26(27)28)30-18-16(20)17(19(21,22)23)25(2)24-18/h3-11H,1-2H3. The maximum atomic E-state index is 13.1. The van der Waals surface area contributed by atoms with Crippen molar-refractivity contribution in [2.24, 2.45) is 7.05 Å². The molecule has 0 aliphatic heterocycles. The van der Waals surface area contributed by atoms with Crippen molar-refractivity contribution in [1.82, 2.24) is 9.78 Å². The van der Waals surface area contributed by atoms with Crippen LogP contribution in [0.15, 0.2) is 48.5 Å². The lowest BCUT2D eigenvalue weighted by Gasteiger charge is -2.15. The van der Waals surface area contributed by atoms with Gasteiger partial charge in [-0.15, -0.1) is 5.10 Å². The highest BCUT2D eigenvalue weighted by atomic mass is 35.5. The largest absolute Gasteiger partial charge is 0.479 e. The number of benzene rings is 2. The summed E-state index contributed by atoms with van der Waals surface area (Å²) < 4.78 is 50.9. The Morgan fingerprint density at radius 1 is 1.20 bits per heavy atom. The van der Waals surface area contributed by atoms with Crippen LogP contribution in [0.25, 0.3) is 0 Å². The molecule has 0 aliphatic rings. The van der Waals surface area contributed by atoms with Gasteiger partial charge in [0.25, 0.3) is 5.88 Å². The molecule has 0 saturated heterocycles. The third-order valence-corrected chi connectivity index (χ3v) is 4.48. The first-order chi connectivity index (χ1) is 14.1. The van der Waals surface area contributed by atoms with Gasteiger partial charge < -0.3 is 9.47 Å². The fourth-order valence-electron chi connectivity index (χ4n) is 2.74. The van der Waals surface area contributed by atoms with Crippen molar-refractivity contribution < 1.29 is 27.6 Å². The van der Waals surface area contributed by atoms with E-state index in [2.05, 4.69) is 5.10 Å². The molecule has 3 rings (SSSR count). The monoisotopic (exact) mass is 441 g/mol. The van der Waals surface area contributed by atoms with Gasteiger partial charge in [0.1, 0.15) is 16.9 Å². The van der Waals surface area contributed by atoms with E-state index in [9.17, 15) is 23.3 Å². The number of alkyl halides is 3. The molecule has 0 spiro atoms. The Hall–Kier alpha value is -3.27. The van der Waals surface area contributed by atoms with Gasteiger partial charge in [-0.3, -0.25) is 14.8 Å². The molecule has 1 heterocycles. The van der Waals surface area contributed by atoms with Crippen LogP contribution in [0.5, 0.6) is 17.4 Å². The average Bonchev–Trinajstić information content (AvgIpc) is 2.95. The van der Waals surface area contributed by atoms with Crippen LogP contribution in [-0.4, -0.2) is 14.7 Å². The van der Waals surface area contributed by atoms with Gasteiger partial charge in [-0.25, -0.2) is 0 Å². The molecule has 30 heavy (non-hydrogen) atoms. The van der Waals surface area contributed by atoms with Crippen LogP contribution in [0.1, 0.15) is 24.3 Å². The molecule has 3 aromatic rings. The summed E-state index contributed by atoms with van der Waals surface area (Å²) >= 11 is 5.78. The minimum absolute atomic E-state index is 0.0235. The predicted octanol–water partition coefficient (Wildman–Crippen LogP) is 5.93. The fourth-order valence-corrected chi connectivity index (χ4v) is 3.05. The van der Waals surface area contributed by atoms with Crippen molar-refractivity contribution in [2.75, 3.05) is 0 Å². The van der Waals surface area contributed by atoms with Gasteiger partial charge >= 0.3 is 11.9 Å². The fraction of sp³-hybridized carbons (Fsp3) is 0.211. The van der Waals surface area contributed by atoms with Gasteiger partial charge in [-0.2, -0.15) is 13.2 Å². The zero-order valence-corrected chi connectivity index (χ0v) is 16.4. The first-order valence-corrected chi connectivity index (χ1v) is 8.93. The van der Waals surface area contributed by atoms with Crippen molar-refractivity contribution in [3.05, 3.63) is 74.9 Å². The van der Waals surface area contributed by atoms with Crippen LogP contribution in [0.4, 0.5) is 18.9 Å². The van der Waals surface area contributed by atoms with E-state index >= 15 is 0 Å². The predicted molar refractivity (Wildman–Crippen MR) is 102 cm³/mol. The van der Waals surface area contributed by atoms with Crippen LogP contribution in [-0.2, 0) is 13.2 Å². The molecule has 0 bridgehead atoms. The Morgan fingerprint density at radius 2 is 1.87 bits per heavy atom. The second-order valence-electron chi connectivity index (χ2n) is 6.25. The number of nitro groups is 1. The van der Waals surface area contributed by atoms with Crippen LogP contribution in [0, 0.1) is 10.1 Å². The number of hydrogen-bond donors (Lipinski definition) is 0. The number of nitrogens with zero attached hydrogens (tertiary/aromatic N) is 3. The molecule has 0 saturated carbocycles. The van der Waals surface area contributed by atoms with Crippen LogP contribution < -0.4 is 9.47 Å². The zero-order chi connectivity index (χ0) is 22.1. The lowest BCUT2D eigenvalue weighted by Crippen LogP contribution is -2.12. The van der Waals surface area contributed by atoms with E-state index in [0.717, 1.165) is 18.7 Å². The SMILES string of the molecule is CC(Oc1cc(Oc2nn(C)c(C(F)(F)F)c2Cl)ccc1[N+](=O)[O-])c1ccccc1. The molecule has 1 unspecified atom stereocenters. The molecule has 0 amide bonds. The minimum atomic E-state index is -4.73. The summed E-state index contributed by atoms with van der Waals surface area (Å²) in [4.78, 5) is 10.7. The molecule has 1 aromatic heterocycles. The summed E-state index contributed by atoms with van der Waals surface area (Å²) in [5.41, 5.74) is -0.718. The number of halogens is 4. The lowest BCUT2D eigenvalue weighted by molar-refractivity contribution is -0.386. The first kappa shape index (κ1) is 21.4. The molecular weight excluding hydrogens is 427 g/mol. The third-order valence-electron chi connectivity index (χ3n) is 4.14. The molecule has 158 valence electrons. The molecule has 0 radical (unpaired) electrons. The smallest absolute Gasteiger partial charge is 0.434 e. The number of hydrogen-bond acceptors (Lipinski definition) is 5. The Morgan fingerprint density at radius 3 is 2.43 bits per heavy atom. The van der Waals surface area contributed by atoms with E-state index in [1.165, 1.54) is 12.1 Å². The summed E-state index contributed by atoms with van der Waals surface area (Å²) in [6.07, 6.45) is -5.26. The normalized spacial score (nSPS) is 12.5. The molecule has 0 fully saturated rings. The summed E-state index contributed by atoms with van der Waals surface area (Å²) in [5.74, 6) is -0.621. The van der Waals surface area contributed by atoms with E-state index in [1.54, 1.807) is 31.2 Å². The number of nitro benzene ring substituents is 1. The van der Waals surface area contributed by atoms with Crippen molar-refractivity contribution in [3.63, 3.8) is 0 Å². The van der Waals surface area contributed by atoms with Crippen LogP contribution in [0.2, 0.25) is 5.02 Å². The third kappa shape index (κ3) is 4.48. The van der Waals surface area contributed by atoms with Crippen LogP contribution in [0.3, 0.4) is 0 Å². The highest BCUT2D eigenvalue weighted by Gasteiger charge is 2.39. The number of aryl methyl sites for hydroxylation is 1. The molecule has 1 atom stereocenters. The van der Waals surface area contributed by atoms with Gasteiger partial charge in [0, 0.05) is 19.2 Å². The summed E-state index contributed by atoms with van der Waals surface area (Å²) in [6, 6.07) is 12.6. The first-order valence-electron chi connectivity index (χ1n) is 8.55. The summed E-state index contributed by atoms with van der Waals surface area (Å²) in [5, 5.41) is 14.3. The molecule has 0 N–H and O–H groups in total. The van der Waals surface area contributed by atoms with Crippen LogP contribution >= 0.6 is 11.6 Å². The number of rotatable bonds is 6. The van der Waals surface area contributed by atoms with Gasteiger partial charge in [-0.1, -0.05) is 41.9 Å². The minimum Gasteiger partial charge on any atom is -0.479 e. The second-order valence-corrected chi connectivity index (χ2v) is 6.63. The van der Waals surface area contributed by atoms with E-state index in [4.69, 9.17) is 21.1 Å². The van der Waals surface area contributed by atoms with Crippen molar-refractivity contribution >= 4 is 17.3 Å². The van der Waals surface area contributed by atoms with Gasteiger partial charge in [0.15, 0.2) is 5.69 Å². The Bertz CT molecular complexity index is 1070. The quantitative estimate of drug-likeness (QED) is 0.349. The topological polar surface area (TPSA) is 79.4 Å². The average molecular weight is 442 g/mol. The molecule has 11 heteroatoms. The molecular formula is C19H15ClF3N3O4. The van der Waals surface area contributed by atoms with Crippen molar-refractivity contribution in [3.8, 4) is 17.4 Å². The van der Waals surface area contributed by atoms with E-state index in [1.807, 2.05) is 6.07 Å². The van der Waals surface area contributed by atoms with E-state index in [-0.39, 0.29) is 17.2 Å². The van der Waals surface area contributed by atoms with Gasteiger partial charge in [-0.05, 0) is 18.6 Å². The highest BCUT2D eigenvalue weighted by molar-refractivity contribution is 6.32. The maximum Gasteiger partial charge on any atom is 0.434 e. The lowest BCUT2D eigenvalue weighted by atomic mass is 10.1. The second kappa shape index (κ2) is 8.23. The van der Waals surface area contributed by atoms with Gasteiger partial charge in [0.05, 0.1) is 4.92 Å². The Labute approximate surface area is 173 Å². The highest BCUT2D eigenvalue weighted by Crippen LogP contribution is 2.41. The molecule has 2 aromatic carbocycles. The van der Waals surface area contributed by atoms with E-state index < -0.39 is 33.8 Å². The van der Waals surface area contributed by atoms with Crippen molar-refractivity contribution in [2.45, 2.75) is 19.2 Å². The van der Waals surface area contributed by atoms with Crippen molar-refractivity contribution in [1.29, 1.82) is 0 Å². The maximum absolute atomic E-state index is 13.1. The summed E-state index contributed by atoms with van der Waals surface area (Å²) in [6.45, 7) is 1.71. The van der Waals surface area contributed by atoms with Gasteiger partial charge in [0.2, 0.25) is 5.75 Å². The Kier molecular flexibility index (Phi) is 5.88. The van der Waals surface area contributed by atoms with E-state index in [0.29, 0.717) is 4.68 Å². The molecule has 7 nitrogen and oxygen atoms in total. The zero-order valence-electron chi connectivity index (χ0n) is 15.7. The Balaban J connectivity index is 1.93.